The average Bonchev–Trinajstić information content (AvgIpc) is 2.80. The number of carbonyl (C=O) groups is 1. The van der Waals surface area contributed by atoms with Gasteiger partial charge in [0.25, 0.3) is 0 Å². The summed E-state index contributed by atoms with van der Waals surface area (Å²) in [6.45, 7) is 2.23. The lowest BCUT2D eigenvalue weighted by molar-refractivity contribution is -0.156. The largest absolute Gasteiger partial charge is 0.343 e. The molecule has 2 aliphatic rings. The zero-order valence-electron chi connectivity index (χ0n) is 8.16. The fourth-order valence-corrected chi connectivity index (χ4v) is 2.01. The smallest absolute Gasteiger partial charge is 0.218 e. The van der Waals surface area contributed by atoms with Crippen molar-refractivity contribution < 1.29 is 14.3 Å². The third kappa shape index (κ3) is 1.27. The van der Waals surface area contributed by atoms with Gasteiger partial charge < -0.3 is 9.47 Å². The molecular formula is C8H10N4O3. The third-order valence-corrected chi connectivity index (χ3v) is 2.78. The van der Waals surface area contributed by atoms with E-state index in [1.54, 1.807) is 11.6 Å². The molecule has 0 amide bonds. The number of Topliss-reactive ketones (excluding diaryl/α,β-unsaturated/α-hetero) is 1. The molecule has 2 saturated heterocycles. The fraction of sp³-hybridized carbons (Fsp3) is 0.750. The number of ether oxygens (including phenoxy) is 2. The molecule has 0 aromatic carbocycles. The van der Waals surface area contributed by atoms with Crippen molar-refractivity contribution in [3.63, 3.8) is 0 Å². The number of carbonyl (C=O) groups excluding carboxylic acids is 1. The summed E-state index contributed by atoms with van der Waals surface area (Å²) in [4.78, 5) is 11.5. The molecule has 0 spiro atoms. The number of hydrogen-bond acceptors (Lipinski definition) is 6. The van der Waals surface area contributed by atoms with E-state index >= 15 is 0 Å². The van der Waals surface area contributed by atoms with Crippen molar-refractivity contribution in [2.24, 2.45) is 0 Å². The maximum absolute atomic E-state index is 11.5. The highest BCUT2D eigenvalue weighted by atomic mass is 16.7. The molecule has 80 valence electrons. The highest BCUT2D eigenvalue weighted by Crippen LogP contribution is 2.32. The van der Waals surface area contributed by atoms with Crippen molar-refractivity contribution in [2.45, 2.75) is 31.8 Å². The van der Waals surface area contributed by atoms with E-state index in [1.165, 1.54) is 0 Å². The van der Waals surface area contributed by atoms with Crippen molar-refractivity contribution in [1.82, 2.24) is 20.2 Å². The van der Waals surface area contributed by atoms with E-state index in [4.69, 9.17) is 9.47 Å². The molecule has 7 nitrogen and oxygen atoms in total. The van der Waals surface area contributed by atoms with E-state index in [-0.39, 0.29) is 17.9 Å². The van der Waals surface area contributed by atoms with Crippen LogP contribution in [0.15, 0.2) is 0 Å². The van der Waals surface area contributed by atoms with Gasteiger partial charge in [-0.15, -0.1) is 5.10 Å². The number of ketones is 1. The SMILES string of the molecule is Cc1nnnn1C1CC(=O)C2OCC1O2. The predicted molar refractivity (Wildman–Crippen MR) is 45.8 cm³/mol. The van der Waals surface area contributed by atoms with Gasteiger partial charge in [-0.3, -0.25) is 4.79 Å². The molecule has 0 N–H and O–H groups in total. The molecule has 3 unspecified atom stereocenters. The molecule has 0 saturated carbocycles. The van der Waals surface area contributed by atoms with Gasteiger partial charge in [0, 0.05) is 6.42 Å². The molecule has 3 heterocycles. The summed E-state index contributed by atoms with van der Waals surface area (Å²) in [5, 5.41) is 11.2. The van der Waals surface area contributed by atoms with Gasteiger partial charge in [-0.1, -0.05) is 0 Å². The minimum Gasteiger partial charge on any atom is -0.343 e. The quantitative estimate of drug-likeness (QED) is 0.606. The summed E-state index contributed by atoms with van der Waals surface area (Å²) in [7, 11) is 0. The lowest BCUT2D eigenvalue weighted by Crippen LogP contribution is -2.37. The van der Waals surface area contributed by atoms with Gasteiger partial charge in [0.2, 0.25) is 6.29 Å². The first-order chi connectivity index (χ1) is 7.25. The van der Waals surface area contributed by atoms with E-state index in [1.807, 2.05) is 0 Å². The van der Waals surface area contributed by atoms with Gasteiger partial charge in [-0.05, 0) is 17.4 Å². The topological polar surface area (TPSA) is 79.1 Å². The zero-order chi connectivity index (χ0) is 10.4. The van der Waals surface area contributed by atoms with Crippen LogP contribution in [0.2, 0.25) is 0 Å². The van der Waals surface area contributed by atoms with Crippen molar-refractivity contribution in [3.05, 3.63) is 5.82 Å². The summed E-state index contributed by atoms with van der Waals surface area (Å²) in [5.41, 5.74) is 0. The number of fused-ring (bicyclic) bond motifs is 2. The Hall–Kier alpha value is -1.34. The van der Waals surface area contributed by atoms with Crippen LogP contribution in [0.5, 0.6) is 0 Å². The van der Waals surface area contributed by atoms with Crippen LogP contribution in [0.25, 0.3) is 0 Å². The lowest BCUT2D eigenvalue weighted by Gasteiger charge is -2.26. The highest BCUT2D eigenvalue weighted by Gasteiger charge is 2.44. The van der Waals surface area contributed by atoms with E-state index in [0.717, 1.165) is 0 Å². The Morgan fingerprint density at radius 1 is 1.53 bits per heavy atom. The van der Waals surface area contributed by atoms with Crippen LogP contribution in [0.4, 0.5) is 0 Å². The summed E-state index contributed by atoms with van der Waals surface area (Å²) in [6, 6.07) is -0.133. The first-order valence-corrected chi connectivity index (χ1v) is 4.80. The molecule has 2 fully saturated rings. The summed E-state index contributed by atoms with van der Waals surface area (Å²) in [6.07, 6.45) is -0.403. The minimum absolute atomic E-state index is 0.0383. The Morgan fingerprint density at radius 3 is 3.13 bits per heavy atom. The molecule has 2 bridgehead atoms. The van der Waals surface area contributed by atoms with Crippen molar-refractivity contribution in [3.8, 4) is 0 Å². The second-order valence-corrected chi connectivity index (χ2v) is 3.75. The van der Waals surface area contributed by atoms with Crippen LogP contribution >= 0.6 is 0 Å². The van der Waals surface area contributed by atoms with E-state index in [2.05, 4.69) is 15.5 Å². The van der Waals surface area contributed by atoms with Gasteiger partial charge in [-0.2, -0.15) is 0 Å². The number of rotatable bonds is 1. The fourth-order valence-electron chi connectivity index (χ4n) is 2.01. The minimum atomic E-state index is -0.664. The van der Waals surface area contributed by atoms with Gasteiger partial charge in [0.1, 0.15) is 11.9 Å². The second-order valence-electron chi connectivity index (χ2n) is 3.75. The van der Waals surface area contributed by atoms with Crippen LogP contribution < -0.4 is 0 Å². The lowest BCUT2D eigenvalue weighted by atomic mass is 10.0. The van der Waals surface area contributed by atoms with Crippen LogP contribution in [0.1, 0.15) is 18.3 Å². The average molecular weight is 210 g/mol. The number of hydrogen-bond donors (Lipinski definition) is 0. The Bertz CT molecular complexity index is 404. The highest BCUT2D eigenvalue weighted by molar-refractivity contribution is 5.83. The number of aromatic nitrogens is 4. The van der Waals surface area contributed by atoms with Gasteiger partial charge >= 0.3 is 0 Å². The van der Waals surface area contributed by atoms with Gasteiger partial charge in [0.15, 0.2) is 5.78 Å². The Balaban J connectivity index is 1.93. The molecule has 1 aromatic heterocycles. The summed E-state index contributed by atoms with van der Waals surface area (Å²) in [5.74, 6) is 0.644. The van der Waals surface area contributed by atoms with Crippen LogP contribution in [-0.4, -0.2) is 45.0 Å². The predicted octanol–water partition coefficient (Wildman–Crippen LogP) is -0.763. The molecule has 0 aliphatic carbocycles. The van der Waals surface area contributed by atoms with Gasteiger partial charge in [0.05, 0.1) is 12.6 Å². The number of nitrogens with zero attached hydrogens (tertiary/aromatic N) is 4. The Morgan fingerprint density at radius 2 is 2.40 bits per heavy atom. The monoisotopic (exact) mass is 210 g/mol. The number of tetrazole rings is 1. The molecule has 3 rings (SSSR count). The van der Waals surface area contributed by atoms with Gasteiger partial charge in [-0.25, -0.2) is 4.68 Å². The van der Waals surface area contributed by atoms with Crippen molar-refractivity contribution in [2.75, 3.05) is 6.61 Å². The standard InChI is InChI=1S/C8H10N4O3/c1-4-9-10-11-12(4)5-2-6(13)8-14-3-7(5)15-8/h5,7-8H,2-3H2,1H3. The molecule has 2 aliphatic heterocycles. The number of aryl methyl sites for hydroxylation is 1. The molecule has 1 aromatic rings. The van der Waals surface area contributed by atoms with E-state index in [9.17, 15) is 4.79 Å². The first kappa shape index (κ1) is 8.93. The second kappa shape index (κ2) is 3.07. The van der Waals surface area contributed by atoms with Crippen LogP contribution in [0, 0.1) is 6.92 Å². The first-order valence-electron chi connectivity index (χ1n) is 4.80. The van der Waals surface area contributed by atoms with Crippen molar-refractivity contribution in [1.29, 1.82) is 0 Å². The molecule has 15 heavy (non-hydrogen) atoms. The summed E-state index contributed by atoms with van der Waals surface area (Å²) >= 11 is 0. The maximum atomic E-state index is 11.5. The zero-order valence-corrected chi connectivity index (χ0v) is 8.16. The Labute approximate surface area is 85.3 Å². The normalized spacial score (nSPS) is 34.7. The third-order valence-electron chi connectivity index (χ3n) is 2.78. The summed E-state index contributed by atoms with van der Waals surface area (Å²) < 4.78 is 12.2. The molecule has 0 radical (unpaired) electrons. The Kier molecular flexibility index (Phi) is 1.83. The van der Waals surface area contributed by atoms with E-state index < -0.39 is 6.29 Å². The molecule has 3 atom stereocenters. The van der Waals surface area contributed by atoms with Crippen molar-refractivity contribution >= 4 is 5.78 Å². The maximum Gasteiger partial charge on any atom is 0.218 e. The van der Waals surface area contributed by atoms with Crippen LogP contribution in [0.3, 0.4) is 0 Å². The molecule has 7 heteroatoms. The van der Waals surface area contributed by atoms with E-state index in [0.29, 0.717) is 18.9 Å². The molecular weight excluding hydrogens is 200 g/mol. The van der Waals surface area contributed by atoms with Crippen LogP contribution in [-0.2, 0) is 14.3 Å².